The first-order valence-corrected chi connectivity index (χ1v) is 10.8. The van der Waals surface area contributed by atoms with Gasteiger partial charge in [0.25, 0.3) is 0 Å². The highest BCUT2D eigenvalue weighted by atomic mass is 79.9. The molecule has 1 saturated heterocycles. The van der Waals surface area contributed by atoms with Crippen LogP contribution in [0.1, 0.15) is 24.9 Å². The van der Waals surface area contributed by atoms with E-state index in [1.807, 2.05) is 31.2 Å². The average molecular weight is 483 g/mol. The second kappa shape index (κ2) is 8.37. The van der Waals surface area contributed by atoms with E-state index in [9.17, 15) is 4.39 Å². The molecule has 0 bridgehead atoms. The zero-order valence-electron chi connectivity index (χ0n) is 16.7. The summed E-state index contributed by atoms with van der Waals surface area (Å²) in [6, 6.07) is 18.4. The van der Waals surface area contributed by atoms with Gasteiger partial charge in [0.15, 0.2) is 18.2 Å². The van der Waals surface area contributed by atoms with Gasteiger partial charge in [0.1, 0.15) is 11.6 Å². The van der Waals surface area contributed by atoms with E-state index in [1.165, 1.54) is 6.07 Å². The van der Waals surface area contributed by atoms with Crippen molar-refractivity contribution in [2.45, 2.75) is 32.0 Å². The lowest BCUT2D eigenvalue weighted by atomic mass is 10.0. The van der Waals surface area contributed by atoms with Gasteiger partial charge in [0.05, 0.1) is 22.4 Å². The standard InChI is InChI=1S/C23H20BrFN4O2/c1-14-30-22(31-14)12-19(15-7-3-2-4-8-15)27-21-11-20(16-9-5-6-10-18(16)25)28-23-17(24)13-26-29(21)23/h2-11,13-14,19,22,27H,12H2,1H3. The fourth-order valence-corrected chi connectivity index (χ4v) is 4.08. The molecule has 158 valence electrons. The molecule has 0 aliphatic carbocycles. The number of benzene rings is 2. The molecule has 0 radical (unpaired) electrons. The number of nitrogens with one attached hydrogen (secondary N) is 1. The number of ether oxygens (including phenoxy) is 2. The van der Waals surface area contributed by atoms with Gasteiger partial charge in [-0.3, -0.25) is 0 Å². The van der Waals surface area contributed by atoms with Crippen LogP contribution in [-0.2, 0) is 9.47 Å². The lowest BCUT2D eigenvalue weighted by Crippen LogP contribution is -2.40. The molecule has 1 N–H and O–H groups in total. The van der Waals surface area contributed by atoms with Gasteiger partial charge in [-0.15, -0.1) is 0 Å². The normalized spacial score (nSPS) is 19.2. The van der Waals surface area contributed by atoms with Gasteiger partial charge < -0.3 is 14.8 Å². The summed E-state index contributed by atoms with van der Waals surface area (Å²) in [5, 5.41) is 7.99. The summed E-state index contributed by atoms with van der Waals surface area (Å²) in [7, 11) is 0. The molecular formula is C23H20BrFN4O2. The summed E-state index contributed by atoms with van der Waals surface area (Å²) in [5.74, 6) is 0.362. The number of halogens is 2. The molecule has 2 aromatic carbocycles. The Morgan fingerprint density at radius 2 is 1.87 bits per heavy atom. The molecular weight excluding hydrogens is 463 g/mol. The Bertz CT molecular complexity index is 1210. The highest BCUT2D eigenvalue weighted by Crippen LogP contribution is 2.32. The van der Waals surface area contributed by atoms with Crippen molar-refractivity contribution in [3.63, 3.8) is 0 Å². The quantitative estimate of drug-likeness (QED) is 0.389. The van der Waals surface area contributed by atoms with Gasteiger partial charge >= 0.3 is 0 Å². The Labute approximate surface area is 187 Å². The maximum Gasteiger partial charge on any atom is 0.172 e. The number of hydrogen-bond acceptors (Lipinski definition) is 5. The SMILES string of the molecule is CC1OC(CC(Nc2cc(-c3ccccc3F)nc3c(Br)cnn23)c2ccccc2)O1. The maximum atomic E-state index is 14.5. The Morgan fingerprint density at radius 3 is 2.61 bits per heavy atom. The van der Waals surface area contributed by atoms with Crippen LogP contribution < -0.4 is 5.32 Å². The fourth-order valence-electron chi connectivity index (χ4n) is 3.73. The minimum atomic E-state index is -0.328. The lowest BCUT2D eigenvalue weighted by molar-refractivity contribution is -0.377. The molecule has 0 amide bonds. The number of nitrogens with zero attached hydrogens (tertiary/aromatic N) is 3. The van der Waals surface area contributed by atoms with Crippen molar-refractivity contribution < 1.29 is 13.9 Å². The molecule has 2 aromatic heterocycles. The van der Waals surface area contributed by atoms with Gasteiger partial charge in [0, 0.05) is 18.1 Å². The van der Waals surface area contributed by atoms with E-state index in [2.05, 4.69) is 43.5 Å². The fraction of sp³-hybridized carbons (Fsp3) is 0.217. The average Bonchev–Trinajstić information content (AvgIpc) is 3.14. The minimum Gasteiger partial charge on any atom is -0.363 e. The van der Waals surface area contributed by atoms with Crippen molar-refractivity contribution in [2.75, 3.05) is 5.32 Å². The Morgan fingerprint density at radius 1 is 1.13 bits per heavy atom. The van der Waals surface area contributed by atoms with Crippen molar-refractivity contribution in [2.24, 2.45) is 0 Å². The summed E-state index contributed by atoms with van der Waals surface area (Å²) < 4.78 is 28.3. The van der Waals surface area contributed by atoms with Crippen LogP contribution in [-0.4, -0.2) is 27.2 Å². The smallest absolute Gasteiger partial charge is 0.172 e. The van der Waals surface area contributed by atoms with E-state index in [-0.39, 0.29) is 24.4 Å². The van der Waals surface area contributed by atoms with Gasteiger partial charge in [-0.1, -0.05) is 42.5 Å². The Kier molecular flexibility index (Phi) is 5.43. The summed E-state index contributed by atoms with van der Waals surface area (Å²) in [5.41, 5.74) is 2.63. The van der Waals surface area contributed by atoms with Crippen molar-refractivity contribution in [1.29, 1.82) is 0 Å². The molecule has 31 heavy (non-hydrogen) atoms. The van der Waals surface area contributed by atoms with Crippen LogP contribution in [0, 0.1) is 5.82 Å². The lowest BCUT2D eigenvalue weighted by Gasteiger charge is -2.36. The molecule has 5 rings (SSSR count). The van der Waals surface area contributed by atoms with Crippen molar-refractivity contribution in [3.8, 4) is 11.3 Å². The third-order valence-corrected chi connectivity index (χ3v) is 5.78. The van der Waals surface area contributed by atoms with E-state index < -0.39 is 0 Å². The zero-order chi connectivity index (χ0) is 21.4. The molecule has 4 aromatic rings. The molecule has 1 unspecified atom stereocenters. The number of rotatable bonds is 6. The van der Waals surface area contributed by atoms with Crippen LogP contribution >= 0.6 is 15.9 Å². The van der Waals surface area contributed by atoms with Crippen LogP contribution in [0.25, 0.3) is 16.9 Å². The van der Waals surface area contributed by atoms with Crippen LogP contribution in [0.2, 0.25) is 0 Å². The summed E-state index contributed by atoms with van der Waals surface area (Å²) >= 11 is 3.50. The predicted octanol–water partition coefficient (Wildman–Crippen LogP) is 5.56. The molecule has 3 heterocycles. The van der Waals surface area contributed by atoms with Crippen molar-refractivity contribution >= 4 is 27.4 Å². The molecule has 0 spiro atoms. The third-order valence-electron chi connectivity index (χ3n) is 5.22. The summed E-state index contributed by atoms with van der Waals surface area (Å²) in [6.07, 6.45) is 1.80. The first kappa shape index (κ1) is 20.1. The van der Waals surface area contributed by atoms with Crippen molar-refractivity contribution in [1.82, 2.24) is 14.6 Å². The number of aromatic nitrogens is 3. The van der Waals surface area contributed by atoms with Crippen LogP contribution in [0.5, 0.6) is 0 Å². The van der Waals surface area contributed by atoms with E-state index in [0.717, 1.165) is 10.0 Å². The first-order chi connectivity index (χ1) is 15.1. The molecule has 0 saturated carbocycles. The summed E-state index contributed by atoms with van der Waals surface area (Å²) in [4.78, 5) is 4.63. The molecule has 8 heteroatoms. The first-order valence-electron chi connectivity index (χ1n) is 10.00. The van der Waals surface area contributed by atoms with Crippen LogP contribution in [0.15, 0.2) is 71.3 Å². The largest absolute Gasteiger partial charge is 0.363 e. The molecule has 1 aliphatic heterocycles. The Hall–Kier alpha value is -2.81. The highest BCUT2D eigenvalue weighted by Gasteiger charge is 2.30. The van der Waals surface area contributed by atoms with Gasteiger partial charge in [-0.25, -0.2) is 9.37 Å². The van der Waals surface area contributed by atoms with E-state index in [4.69, 9.17) is 9.47 Å². The number of anilines is 1. The minimum absolute atomic E-state index is 0.110. The zero-order valence-corrected chi connectivity index (χ0v) is 18.3. The maximum absolute atomic E-state index is 14.5. The number of fused-ring (bicyclic) bond motifs is 1. The van der Waals surface area contributed by atoms with Gasteiger partial charge in [-0.05, 0) is 40.5 Å². The molecule has 1 atom stereocenters. The molecule has 1 fully saturated rings. The van der Waals surface area contributed by atoms with Gasteiger partial charge in [0.2, 0.25) is 0 Å². The highest BCUT2D eigenvalue weighted by molar-refractivity contribution is 9.10. The second-order valence-corrected chi connectivity index (χ2v) is 8.20. The second-order valence-electron chi connectivity index (χ2n) is 7.35. The molecule has 1 aliphatic rings. The van der Waals surface area contributed by atoms with E-state index >= 15 is 0 Å². The monoisotopic (exact) mass is 482 g/mol. The van der Waals surface area contributed by atoms with E-state index in [1.54, 1.807) is 28.9 Å². The topological polar surface area (TPSA) is 60.7 Å². The predicted molar refractivity (Wildman–Crippen MR) is 119 cm³/mol. The number of hydrogen-bond donors (Lipinski definition) is 1. The van der Waals surface area contributed by atoms with E-state index in [0.29, 0.717) is 29.1 Å². The van der Waals surface area contributed by atoms with Crippen LogP contribution in [0.4, 0.5) is 10.2 Å². The van der Waals surface area contributed by atoms with Crippen molar-refractivity contribution in [3.05, 3.63) is 82.7 Å². The van der Waals surface area contributed by atoms with Gasteiger partial charge in [-0.2, -0.15) is 9.61 Å². The Balaban J connectivity index is 1.56. The summed E-state index contributed by atoms with van der Waals surface area (Å²) in [6.45, 7) is 1.87. The van der Waals surface area contributed by atoms with Crippen LogP contribution in [0.3, 0.4) is 0 Å². The third kappa shape index (κ3) is 4.06. The molecule has 6 nitrogen and oxygen atoms in total.